The monoisotopic (exact) mass is 1330 g/mol. The highest BCUT2D eigenvalue weighted by molar-refractivity contribution is 5.76. The average Bonchev–Trinajstić information content (AvgIpc) is 0.794. The van der Waals surface area contributed by atoms with Crippen LogP contribution in [-0.4, -0.2) is 140 Å². The summed E-state index contributed by atoms with van der Waals surface area (Å²) >= 11 is 0. The standard InChI is InChI=1S/C80H143NO13/c1-3-5-7-9-11-13-15-17-19-21-23-25-27-29-31-33-34-36-37-39-41-43-45-47-49-51-53-55-57-59-61-63-69(84)68(67-91-79-77(90)75(88)78(71(66-83)93-79)94-80-76(89)74(87)73(86)70(65-82)92-80)81-72(85)64-62-60-58-56-54-52-50-48-46-44-42-40-38-35-32-30-28-26-24-22-20-18-16-14-12-10-8-6-4-2/h6,8,12,14,18,20,24,26,30,32,38,40,44,46,68-71,73-80,82-84,86-90H,3-5,7,9-11,13,15-17,19,21-23,25,27-29,31,33-37,39,41-43,45,47-67H2,1-2H3,(H,81,85)/b8-6-,14-12-,20-18-,26-24-,32-30-,40-38-,46-44-. The molecule has 0 saturated carbocycles. The van der Waals surface area contributed by atoms with Crippen LogP contribution in [-0.2, 0) is 23.7 Å². The highest BCUT2D eigenvalue weighted by atomic mass is 16.7. The highest BCUT2D eigenvalue weighted by Gasteiger charge is 2.51. The molecule has 2 saturated heterocycles. The summed E-state index contributed by atoms with van der Waals surface area (Å²) in [6.45, 7) is 2.78. The Labute approximate surface area is 573 Å². The molecule has 0 aromatic rings. The fourth-order valence-electron chi connectivity index (χ4n) is 12.5. The van der Waals surface area contributed by atoms with E-state index in [0.717, 1.165) is 109 Å². The zero-order valence-corrected chi connectivity index (χ0v) is 59.7. The second-order valence-corrected chi connectivity index (χ2v) is 27.1. The summed E-state index contributed by atoms with van der Waals surface area (Å²) in [5.74, 6) is -0.217. The minimum Gasteiger partial charge on any atom is -0.394 e. The molecule has 0 aromatic carbocycles. The number of unbranched alkanes of at least 4 members (excludes halogenated alkanes) is 37. The molecule has 14 nitrogen and oxygen atoms in total. The third-order valence-corrected chi connectivity index (χ3v) is 18.6. The molecule has 546 valence electrons. The second kappa shape index (κ2) is 63.6. The van der Waals surface area contributed by atoms with Gasteiger partial charge in [-0.3, -0.25) is 4.79 Å². The third-order valence-electron chi connectivity index (χ3n) is 18.6. The average molecular weight is 1330 g/mol. The van der Waals surface area contributed by atoms with Crippen LogP contribution in [0.2, 0.25) is 0 Å². The number of hydrogen-bond donors (Lipinski definition) is 9. The molecule has 9 N–H and O–H groups in total. The molecule has 2 heterocycles. The van der Waals surface area contributed by atoms with Crippen molar-refractivity contribution in [3.8, 4) is 0 Å². The van der Waals surface area contributed by atoms with E-state index in [9.17, 15) is 45.6 Å². The van der Waals surface area contributed by atoms with Crippen LogP contribution >= 0.6 is 0 Å². The zero-order chi connectivity index (χ0) is 68.0. The van der Waals surface area contributed by atoms with Gasteiger partial charge < -0.3 is 65.1 Å². The molecule has 1 amide bonds. The molecule has 0 bridgehead atoms. The van der Waals surface area contributed by atoms with Gasteiger partial charge >= 0.3 is 0 Å². The minimum absolute atomic E-state index is 0.217. The van der Waals surface area contributed by atoms with Crippen molar-refractivity contribution in [2.24, 2.45) is 0 Å². The van der Waals surface area contributed by atoms with Crippen LogP contribution in [0, 0.1) is 0 Å². The number of rotatable bonds is 64. The van der Waals surface area contributed by atoms with Crippen LogP contribution < -0.4 is 5.32 Å². The molecular formula is C80H143NO13. The quantitative estimate of drug-likeness (QED) is 0.0204. The van der Waals surface area contributed by atoms with Gasteiger partial charge in [0.15, 0.2) is 12.6 Å². The smallest absolute Gasteiger partial charge is 0.220 e. The van der Waals surface area contributed by atoms with Gasteiger partial charge in [0, 0.05) is 6.42 Å². The molecule has 2 rings (SSSR count). The molecule has 0 radical (unpaired) electrons. The molecule has 2 aliphatic heterocycles. The number of nitrogens with one attached hydrogen (secondary N) is 1. The van der Waals surface area contributed by atoms with Crippen molar-refractivity contribution in [3.63, 3.8) is 0 Å². The molecule has 14 heteroatoms. The number of ether oxygens (including phenoxy) is 4. The predicted octanol–water partition coefficient (Wildman–Crippen LogP) is 17.1. The molecule has 94 heavy (non-hydrogen) atoms. The molecule has 12 atom stereocenters. The number of amides is 1. The van der Waals surface area contributed by atoms with E-state index in [1.807, 2.05) is 0 Å². The Balaban J connectivity index is 1.64. The Morgan fingerprint density at radius 3 is 1.13 bits per heavy atom. The summed E-state index contributed by atoms with van der Waals surface area (Å²) in [6, 6.07) is -0.843. The Bertz CT molecular complexity index is 1900. The van der Waals surface area contributed by atoms with E-state index in [4.69, 9.17) is 18.9 Å². The number of carbonyl (C=O) groups is 1. The van der Waals surface area contributed by atoms with E-state index in [2.05, 4.69) is 104 Å². The Morgan fingerprint density at radius 2 is 0.734 bits per heavy atom. The van der Waals surface area contributed by atoms with E-state index in [-0.39, 0.29) is 18.9 Å². The Hall–Kier alpha value is -2.83. The number of aliphatic hydroxyl groups is 8. The summed E-state index contributed by atoms with van der Waals surface area (Å²) in [7, 11) is 0. The lowest BCUT2D eigenvalue weighted by Gasteiger charge is -2.46. The summed E-state index contributed by atoms with van der Waals surface area (Å²) in [4.78, 5) is 13.4. The number of carbonyl (C=O) groups excluding carboxylic acids is 1. The fraction of sp³-hybridized carbons (Fsp3) is 0.812. The maximum absolute atomic E-state index is 13.4. The first-order valence-electron chi connectivity index (χ1n) is 38.8. The molecule has 0 spiro atoms. The van der Waals surface area contributed by atoms with Crippen LogP contribution in [0.3, 0.4) is 0 Å². The first kappa shape index (κ1) is 87.3. The molecular weight excluding hydrogens is 1180 g/mol. The van der Waals surface area contributed by atoms with Crippen molar-refractivity contribution in [2.75, 3.05) is 19.8 Å². The van der Waals surface area contributed by atoms with Gasteiger partial charge in [-0.25, -0.2) is 0 Å². The van der Waals surface area contributed by atoms with Gasteiger partial charge in [-0.05, 0) is 70.6 Å². The lowest BCUT2D eigenvalue weighted by atomic mass is 9.97. The van der Waals surface area contributed by atoms with Gasteiger partial charge in [0.05, 0.1) is 32.0 Å². The Morgan fingerprint density at radius 1 is 0.394 bits per heavy atom. The summed E-state index contributed by atoms with van der Waals surface area (Å²) in [6.07, 6.45) is 71.8. The van der Waals surface area contributed by atoms with Crippen LogP contribution in [0.5, 0.6) is 0 Å². The first-order valence-corrected chi connectivity index (χ1v) is 38.8. The van der Waals surface area contributed by atoms with Crippen LogP contribution in [0.4, 0.5) is 0 Å². The summed E-state index contributed by atoms with van der Waals surface area (Å²) < 4.78 is 23.0. The van der Waals surface area contributed by atoms with Crippen molar-refractivity contribution in [1.29, 1.82) is 0 Å². The topological polar surface area (TPSA) is 228 Å². The van der Waals surface area contributed by atoms with Crippen molar-refractivity contribution < 1.29 is 64.6 Å². The molecule has 2 fully saturated rings. The predicted molar refractivity (Wildman–Crippen MR) is 387 cm³/mol. The van der Waals surface area contributed by atoms with E-state index >= 15 is 0 Å². The zero-order valence-electron chi connectivity index (χ0n) is 59.7. The lowest BCUT2D eigenvalue weighted by Crippen LogP contribution is -2.65. The van der Waals surface area contributed by atoms with Crippen molar-refractivity contribution >= 4 is 5.91 Å². The van der Waals surface area contributed by atoms with E-state index in [1.54, 1.807) is 0 Å². The maximum atomic E-state index is 13.4. The van der Waals surface area contributed by atoms with Gasteiger partial charge in [0.25, 0.3) is 0 Å². The van der Waals surface area contributed by atoms with Gasteiger partial charge in [-0.15, -0.1) is 0 Å². The van der Waals surface area contributed by atoms with Crippen LogP contribution in [0.1, 0.15) is 322 Å². The molecule has 12 unspecified atom stereocenters. The number of hydrogen-bond acceptors (Lipinski definition) is 13. The first-order chi connectivity index (χ1) is 46.1. The van der Waals surface area contributed by atoms with Gasteiger partial charge in [-0.1, -0.05) is 330 Å². The third kappa shape index (κ3) is 46.4. The minimum atomic E-state index is -1.79. The van der Waals surface area contributed by atoms with Gasteiger partial charge in [0.1, 0.15) is 48.8 Å². The van der Waals surface area contributed by atoms with E-state index in [1.165, 1.54) is 180 Å². The van der Waals surface area contributed by atoms with Crippen LogP contribution in [0.25, 0.3) is 0 Å². The van der Waals surface area contributed by atoms with Crippen LogP contribution in [0.15, 0.2) is 85.1 Å². The number of allylic oxidation sites excluding steroid dienone is 14. The Kier molecular flexibility index (Phi) is 59.0. The normalized spacial score (nSPS) is 22.9. The van der Waals surface area contributed by atoms with E-state index in [0.29, 0.717) is 12.8 Å². The van der Waals surface area contributed by atoms with Crippen molar-refractivity contribution in [1.82, 2.24) is 5.32 Å². The molecule has 0 aliphatic carbocycles. The maximum Gasteiger partial charge on any atom is 0.220 e. The second-order valence-electron chi connectivity index (χ2n) is 27.1. The van der Waals surface area contributed by atoms with E-state index < -0.39 is 86.8 Å². The van der Waals surface area contributed by atoms with Gasteiger partial charge in [-0.2, -0.15) is 0 Å². The summed E-state index contributed by atoms with van der Waals surface area (Å²) in [5.41, 5.74) is 0. The largest absolute Gasteiger partial charge is 0.394 e. The fourth-order valence-corrected chi connectivity index (χ4v) is 12.5. The lowest BCUT2D eigenvalue weighted by molar-refractivity contribution is -0.359. The van der Waals surface area contributed by atoms with Crippen molar-refractivity contribution in [3.05, 3.63) is 85.1 Å². The summed E-state index contributed by atoms with van der Waals surface area (Å²) in [5, 5.41) is 87.8. The SMILES string of the molecule is CC/C=C\C/C=C\C/C=C\C/C=C\C/C=C\C/C=C\C/C=C\CCCCCCCCCC(=O)NC(COC1OC(CO)C(OC2OC(CO)C(O)C(O)C2O)C(O)C1O)C(O)CCCCCCCCCCCCCCCCCCCCCCCCCCCCCCCCC. The highest BCUT2D eigenvalue weighted by Crippen LogP contribution is 2.30. The van der Waals surface area contributed by atoms with Gasteiger partial charge in [0.2, 0.25) is 5.91 Å². The molecule has 0 aromatic heterocycles. The van der Waals surface area contributed by atoms with Crippen molar-refractivity contribution in [2.45, 2.75) is 396 Å². The molecule has 2 aliphatic rings. The number of aliphatic hydroxyl groups excluding tert-OH is 8.